The normalized spacial score (nSPS) is 11.0. The number of nitrogens with zero attached hydrogens (tertiary/aromatic N) is 4. The van der Waals surface area contributed by atoms with Crippen molar-refractivity contribution in [3.05, 3.63) is 72.6 Å². The lowest BCUT2D eigenvalue weighted by Gasteiger charge is -2.13. The van der Waals surface area contributed by atoms with E-state index in [0.29, 0.717) is 25.8 Å². The molecular weight excluding hydrogens is 557 g/mol. The molecule has 0 atom stereocenters. The van der Waals surface area contributed by atoms with Gasteiger partial charge in [-0.15, -0.1) is 0 Å². The van der Waals surface area contributed by atoms with Crippen LogP contribution in [0.25, 0.3) is 5.69 Å². The molecule has 0 unspecified atom stereocenters. The summed E-state index contributed by atoms with van der Waals surface area (Å²) in [4.78, 5) is 16.6. The molecule has 8 nitrogen and oxygen atoms in total. The van der Waals surface area contributed by atoms with Gasteiger partial charge < -0.3 is 14.0 Å². The molecule has 11 heteroatoms. The van der Waals surface area contributed by atoms with Gasteiger partial charge in [-0.1, -0.05) is 23.2 Å². The molecule has 0 aliphatic rings. The minimum Gasteiger partial charge on any atom is -0.467 e. The average molecular weight is 579 g/mol. The van der Waals surface area contributed by atoms with Crippen molar-refractivity contribution in [2.24, 2.45) is 5.10 Å². The molecule has 1 N–H and O–H groups in total. The SMILES string of the molecule is COCc1c(Br)c(C)nc(OCC(=O)N/N=C\c2cc(C)n(-c3ccc(Cl)cc3Cl)c2C)c1C#N. The van der Waals surface area contributed by atoms with E-state index in [4.69, 9.17) is 32.7 Å². The van der Waals surface area contributed by atoms with Crippen LogP contribution in [-0.2, 0) is 16.1 Å². The first-order valence-corrected chi connectivity index (χ1v) is 11.9. The van der Waals surface area contributed by atoms with Crippen molar-refractivity contribution >= 4 is 51.3 Å². The standard InChI is InChI=1S/C24H22BrCl2N5O3/c1-13-7-16(15(3)32(13)21-6-5-17(26)8-20(21)27)10-29-31-22(33)12-35-24-18(9-28)19(11-34-4)23(25)14(2)30-24/h5-8,10H,11-12H2,1-4H3,(H,31,33)/b29-10-. The molecule has 3 rings (SSSR count). The highest BCUT2D eigenvalue weighted by Crippen LogP contribution is 2.30. The maximum absolute atomic E-state index is 12.3. The van der Waals surface area contributed by atoms with Gasteiger partial charge in [-0.05, 0) is 61.0 Å². The summed E-state index contributed by atoms with van der Waals surface area (Å²) in [5.41, 5.74) is 7.27. The smallest absolute Gasteiger partial charge is 0.278 e. The lowest BCUT2D eigenvalue weighted by Crippen LogP contribution is -2.25. The van der Waals surface area contributed by atoms with Crippen molar-refractivity contribution in [3.8, 4) is 17.6 Å². The number of hydrogen-bond donors (Lipinski definition) is 1. The molecule has 1 aromatic carbocycles. The van der Waals surface area contributed by atoms with E-state index in [1.54, 1.807) is 25.3 Å². The van der Waals surface area contributed by atoms with Gasteiger partial charge in [0, 0.05) is 39.1 Å². The summed E-state index contributed by atoms with van der Waals surface area (Å²) in [5.74, 6) is -0.446. The number of hydrogen-bond acceptors (Lipinski definition) is 6. The average Bonchev–Trinajstić information content (AvgIpc) is 3.09. The van der Waals surface area contributed by atoms with Crippen LogP contribution in [0.1, 0.15) is 33.8 Å². The Balaban J connectivity index is 1.70. The Morgan fingerprint density at radius 3 is 2.71 bits per heavy atom. The van der Waals surface area contributed by atoms with Crippen LogP contribution >= 0.6 is 39.1 Å². The molecule has 0 aliphatic heterocycles. The van der Waals surface area contributed by atoms with Crippen molar-refractivity contribution in [3.63, 3.8) is 0 Å². The number of halogens is 3. The van der Waals surface area contributed by atoms with Crippen LogP contribution in [0.4, 0.5) is 0 Å². The Morgan fingerprint density at radius 2 is 2.06 bits per heavy atom. The number of pyridine rings is 1. The number of nitriles is 1. The third-order valence-electron chi connectivity index (χ3n) is 5.12. The fourth-order valence-electron chi connectivity index (χ4n) is 3.51. The van der Waals surface area contributed by atoms with E-state index < -0.39 is 5.91 Å². The fraction of sp³-hybridized carbons (Fsp3) is 0.250. The molecule has 182 valence electrons. The second-order valence-electron chi connectivity index (χ2n) is 7.55. The third-order valence-corrected chi connectivity index (χ3v) is 6.71. The van der Waals surface area contributed by atoms with Crippen LogP contribution < -0.4 is 10.2 Å². The number of nitrogens with one attached hydrogen (secondary N) is 1. The maximum atomic E-state index is 12.3. The Morgan fingerprint density at radius 1 is 1.31 bits per heavy atom. The number of rotatable bonds is 8. The van der Waals surface area contributed by atoms with Gasteiger partial charge in [0.15, 0.2) is 6.61 Å². The van der Waals surface area contributed by atoms with Crippen molar-refractivity contribution in [1.29, 1.82) is 5.26 Å². The number of benzene rings is 1. The fourth-order valence-corrected chi connectivity index (χ4v) is 4.40. The molecule has 0 radical (unpaired) electrons. The minimum atomic E-state index is -0.504. The molecule has 0 saturated heterocycles. The molecule has 3 aromatic rings. The zero-order chi connectivity index (χ0) is 25.7. The van der Waals surface area contributed by atoms with Crippen LogP contribution in [0.5, 0.6) is 5.88 Å². The topological polar surface area (TPSA) is 102 Å². The summed E-state index contributed by atoms with van der Waals surface area (Å²) in [6.45, 7) is 5.45. The quantitative estimate of drug-likeness (QED) is 0.284. The number of methoxy groups -OCH3 is 1. The Bertz CT molecular complexity index is 1350. The van der Waals surface area contributed by atoms with Gasteiger partial charge in [-0.3, -0.25) is 4.79 Å². The Hall–Kier alpha value is -2.90. The number of amides is 1. The molecule has 0 saturated carbocycles. The summed E-state index contributed by atoms with van der Waals surface area (Å²) >= 11 is 15.8. The van der Waals surface area contributed by atoms with Crippen LogP contribution in [-0.4, -0.2) is 35.4 Å². The highest BCUT2D eigenvalue weighted by molar-refractivity contribution is 9.10. The minimum absolute atomic E-state index is 0.0581. The summed E-state index contributed by atoms with van der Waals surface area (Å²) in [6.07, 6.45) is 1.54. The number of ether oxygens (including phenoxy) is 2. The maximum Gasteiger partial charge on any atom is 0.278 e. The number of aromatic nitrogens is 2. The second kappa shape index (κ2) is 11.7. The summed E-state index contributed by atoms with van der Waals surface area (Å²) in [5, 5.41) is 14.7. The van der Waals surface area contributed by atoms with Gasteiger partial charge in [0.05, 0.1) is 29.2 Å². The molecule has 0 fully saturated rings. The highest BCUT2D eigenvalue weighted by Gasteiger charge is 2.18. The van der Waals surface area contributed by atoms with E-state index >= 15 is 0 Å². The van der Waals surface area contributed by atoms with Crippen molar-refractivity contribution < 1.29 is 14.3 Å². The van der Waals surface area contributed by atoms with Gasteiger partial charge >= 0.3 is 0 Å². The predicted molar refractivity (Wildman–Crippen MR) is 139 cm³/mol. The van der Waals surface area contributed by atoms with E-state index in [9.17, 15) is 10.1 Å². The zero-order valence-corrected chi connectivity index (χ0v) is 22.5. The van der Waals surface area contributed by atoms with Gasteiger partial charge in [-0.2, -0.15) is 10.4 Å². The van der Waals surface area contributed by atoms with Crippen molar-refractivity contribution in [2.45, 2.75) is 27.4 Å². The van der Waals surface area contributed by atoms with E-state index in [0.717, 1.165) is 22.6 Å². The number of hydrazone groups is 1. The van der Waals surface area contributed by atoms with Crippen LogP contribution in [0.2, 0.25) is 10.0 Å². The van der Waals surface area contributed by atoms with Crippen LogP contribution in [0.3, 0.4) is 0 Å². The summed E-state index contributed by atoms with van der Waals surface area (Å²) in [6, 6.07) is 9.29. The number of carbonyl (C=O) groups excluding carboxylic acids is 1. The number of aryl methyl sites for hydroxylation is 2. The predicted octanol–water partition coefficient (Wildman–Crippen LogP) is 5.41. The highest BCUT2D eigenvalue weighted by atomic mass is 79.9. The van der Waals surface area contributed by atoms with E-state index in [2.05, 4.69) is 37.5 Å². The van der Waals surface area contributed by atoms with E-state index in [-0.39, 0.29) is 24.7 Å². The molecule has 35 heavy (non-hydrogen) atoms. The monoisotopic (exact) mass is 577 g/mol. The molecule has 0 aliphatic carbocycles. The molecule has 0 bridgehead atoms. The third kappa shape index (κ3) is 6.03. The van der Waals surface area contributed by atoms with Gasteiger partial charge in [-0.25, -0.2) is 10.4 Å². The molecule has 0 spiro atoms. The number of carbonyl (C=O) groups is 1. The van der Waals surface area contributed by atoms with Gasteiger partial charge in [0.25, 0.3) is 5.91 Å². The molecule has 2 heterocycles. The Labute approximate surface area is 221 Å². The largest absolute Gasteiger partial charge is 0.467 e. The lowest BCUT2D eigenvalue weighted by molar-refractivity contribution is -0.123. The first-order chi connectivity index (χ1) is 16.7. The van der Waals surface area contributed by atoms with Gasteiger partial charge in [0.2, 0.25) is 5.88 Å². The molecular formula is C24H22BrCl2N5O3. The van der Waals surface area contributed by atoms with Gasteiger partial charge in [0.1, 0.15) is 11.6 Å². The van der Waals surface area contributed by atoms with Crippen LogP contribution in [0.15, 0.2) is 33.8 Å². The lowest BCUT2D eigenvalue weighted by atomic mass is 10.1. The second-order valence-corrected chi connectivity index (χ2v) is 9.19. The van der Waals surface area contributed by atoms with E-state index in [1.807, 2.05) is 30.5 Å². The molecule has 2 aromatic heterocycles. The van der Waals surface area contributed by atoms with Crippen molar-refractivity contribution in [1.82, 2.24) is 15.0 Å². The summed E-state index contributed by atoms with van der Waals surface area (Å²) < 4.78 is 13.3. The van der Waals surface area contributed by atoms with E-state index in [1.165, 1.54) is 7.11 Å². The first kappa shape index (κ1) is 26.7. The van der Waals surface area contributed by atoms with Crippen LogP contribution in [0, 0.1) is 32.1 Å². The molecule has 1 amide bonds. The van der Waals surface area contributed by atoms with Crippen molar-refractivity contribution in [2.75, 3.05) is 13.7 Å². The zero-order valence-electron chi connectivity index (χ0n) is 19.4. The Kier molecular flexibility index (Phi) is 8.92. The first-order valence-electron chi connectivity index (χ1n) is 10.3. The summed E-state index contributed by atoms with van der Waals surface area (Å²) in [7, 11) is 1.52.